The molecule has 2 fully saturated rings. The van der Waals surface area contributed by atoms with Gasteiger partial charge in [0, 0.05) is 42.7 Å². The fourth-order valence-corrected chi connectivity index (χ4v) is 6.49. The minimum Gasteiger partial charge on any atom is -0.342 e. The van der Waals surface area contributed by atoms with Gasteiger partial charge in [0.1, 0.15) is 0 Å². The molecule has 5 rings (SSSR count). The van der Waals surface area contributed by atoms with Gasteiger partial charge in [-0.05, 0) is 79.8 Å². The highest BCUT2D eigenvalue weighted by Gasteiger charge is 2.31. The summed E-state index contributed by atoms with van der Waals surface area (Å²) in [7, 11) is -1.44. The lowest BCUT2D eigenvalue weighted by Gasteiger charge is -2.33. The first-order valence-corrected chi connectivity index (χ1v) is 14.6. The molecule has 3 aromatic rings. The minimum atomic E-state index is -1.44. The number of rotatable bonds is 7. The van der Waals surface area contributed by atoms with E-state index in [4.69, 9.17) is 11.6 Å². The standard InChI is InChI=1S/C30H32ClN3O3S/c31-26-12-8-23(9-13-26)22-34(38(37)28-6-2-1-3-7-28)27-14-10-24(11-15-27)29(35)33-20-16-25(17-21-33)30(36)32-18-4-5-19-32/h1-3,6-15,25H,4-5,16-22H2. The lowest BCUT2D eigenvalue weighted by Crippen LogP contribution is -2.43. The summed E-state index contributed by atoms with van der Waals surface area (Å²) in [6, 6.07) is 24.1. The molecule has 0 radical (unpaired) electrons. The molecule has 2 aliphatic rings. The number of piperidine rings is 1. The maximum Gasteiger partial charge on any atom is 0.253 e. The predicted molar refractivity (Wildman–Crippen MR) is 151 cm³/mol. The molecule has 1 unspecified atom stereocenters. The van der Waals surface area contributed by atoms with Crippen LogP contribution in [0, 0.1) is 5.92 Å². The summed E-state index contributed by atoms with van der Waals surface area (Å²) < 4.78 is 15.4. The number of anilines is 1. The summed E-state index contributed by atoms with van der Waals surface area (Å²) in [5, 5.41) is 0.650. The Hall–Kier alpha value is -3.16. The van der Waals surface area contributed by atoms with Gasteiger partial charge >= 0.3 is 0 Å². The van der Waals surface area contributed by atoms with E-state index < -0.39 is 11.0 Å². The van der Waals surface area contributed by atoms with Gasteiger partial charge in [-0.2, -0.15) is 0 Å². The molecule has 0 aromatic heterocycles. The minimum absolute atomic E-state index is 0.0221. The van der Waals surface area contributed by atoms with Crippen LogP contribution < -0.4 is 4.31 Å². The number of carbonyl (C=O) groups is 2. The van der Waals surface area contributed by atoms with Gasteiger partial charge in [-0.25, -0.2) is 4.21 Å². The fraction of sp³-hybridized carbons (Fsp3) is 0.333. The van der Waals surface area contributed by atoms with E-state index in [0.717, 1.165) is 37.2 Å². The number of benzene rings is 3. The zero-order valence-electron chi connectivity index (χ0n) is 21.3. The molecule has 2 aliphatic heterocycles. The summed E-state index contributed by atoms with van der Waals surface area (Å²) in [5.41, 5.74) is 2.33. The second-order valence-corrected chi connectivity index (χ2v) is 11.7. The molecule has 38 heavy (non-hydrogen) atoms. The average molecular weight is 550 g/mol. The Labute approximate surface area is 231 Å². The van der Waals surface area contributed by atoms with E-state index in [2.05, 4.69) is 0 Å². The topological polar surface area (TPSA) is 60.9 Å². The molecule has 6 nitrogen and oxygen atoms in total. The van der Waals surface area contributed by atoms with Crippen molar-refractivity contribution in [2.45, 2.75) is 37.1 Å². The Morgan fingerprint density at radius 3 is 2.08 bits per heavy atom. The summed E-state index contributed by atoms with van der Waals surface area (Å²) in [6.07, 6.45) is 3.61. The number of nitrogens with zero attached hydrogens (tertiary/aromatic N) is 3. The van der Waals surface area contributed by atoms with Gasteiger partial charge in [0.25, 0.3) is 5.91 Å². The lowest BCUT2D eigenvalue weighted by molar-refractivity contribution is -0.135. The maximum absolute atomic E-state index is 13.6. The quantitative estimate of drug-likeness (QED) is 0.388. The second-order valence-electron chi connectivity index (χ2n) is 9.87. The normalized spacial score (nSPS) is 16.9. The number of halogens is 1. The van der Waals surface area contributed by atoms with Crippen LogP contribution in [0.3, 0.4) is 0 Å². The highest BCUT2D eigenvalue weighted by molar-refractivity contribution is 7.86. The molecule has 198 valence electrons. The molecular weight excluding hydrogens is 518 g/mol. The molecule has 8 heteroatoms. The molecule has 2 amide bonds. The Balaban J connectivity index is 1.28. The number of likely N-dealkylation sites (tertiary alicyclic amines) is 2. The van der Waals surface area contributed by atoms with Crippen LogP contribution in [0.25, 0.3) is 0 Å². The zero-order valence-corrected chi connectivity index (χ0v) is 22.9. The van der Waals surface area contributed by atoms with Gasteiger partial charge in [0.05, 0.1) is 17.1 Å². The Kier molecular flexibility index (Phi) is 8.45. The number of hydrogen-bond donors (Lipinski definition) is 0. The number of carbonyl (C=O) groups excluding carboxylic acids is 2. The van der Waals surface area contributed by atoms with Crippen molar-refractivity contribution in [1.29, 1.82) is 0 Å². The van der Waals surface area contributed by atoms with E-state index in [1.54, 1.807) is 12.1 Å². The van der Waals surface area contributed by atoms with E-state index in [1.807, 2.05) is 80.8 Å². The summed E-state index contributed by atoms with van der Waals surface area (Å²) >= 11 is 6.06. The van der Waals surface area contributed by atoms with Crippen LogP contribution in [0.15, 0.2) is 83.8 Å². The van der Waals surface area contributed by atoms with Gasteiger partial charge in [0.15, 0.2) is 11.0 Å². The van der Waals surface area contributed by atoms with Crippen LogP contribution in [0.1, 0.15) is 41.6 Å². The average Bonchev–Trinajstić information content (AvgIpc) is 3.52. The molecule has 2 heterocycles. The lowest BCUT2D eigenvalue weighted by atomic mass is 9.95. The van der Waals surface area contributed by atoms with Crippen LogP contribution in [0.4, 0.5) is 5.69 Å². The maximum atomic E-state index is 13.6. The Bertz CT molecular complexity index is 1270. The number of hydrogen-bond acceptors (Lipinski definition) is 3. The van der Waals surface area contributed by atoms with Crippen LogP contribution in [0.5, 0.6) is 0 Å². The van der Waals surface area contributed by atoms with E-state index in [1.165, 1.54) is 0 Å². The van der Waals surface area contributed by atoms with Crippen molar-refractivity contribution in [3.8, 4) is 0 Å². The first-order valence-electron chi connectivity index (χ1n) is 13.2. The first kappa shape index (κ1) is 26.4. The van der Waals surface area contributed by atoms with Crippen LogP contribution in [-0.2, 0) is 22.3 Å². The van der Waals surface area contributed by atoms with Crippen molar-refractivity contribution >= 4 is 40.1 Å². The van der Waals surface area contributed by atoms with Gasteiger partial charge < -0.3 is 9.80 Å². The van der Waals surface area contributed by atoms with Gasteiger partial charge in [-0.15, -0.1) is 0 Å². The highest BCUT2D eigenvalue weighted by Crippen LogP contribution is 2.27. The third kappa shape index (κ3) is 6.11. The second kappa shape index (κ2) is 12.1. The van der Waals surface area contributed by atoms with Gasteiger partial charge in [-0.1, -0.05) is 41.9 Å². The van der Waals surface area contributed by atoms with E-state index in [-0.39, 0.29) is 17.7 Å². The molecular formula is C30H32ClN3O3S. The van der Waals surface area contributed by atoms with E-state index in [0.29, 0.717) is 48.0 Å². The Morgan fingerprint density at radius 2 is 1.45 bits per heavy atom. The van der Waals surface area contributed by atoms with Crippen molar-refractivity contribution in [2.75, 3.05) is 30.5 Å². The van der Waals surface area contributed by atoms with Crippen molar-refractivity contribution in [2.24, 2.45) is 5.92 Å². The molecule has 0 spiro atoms. The molecule has 1 atom stereocenters. The van der Waals surface area contributed by atoms with Crippen LogP contribution in [-0.4, -0.2) is 52.0 Å². The summed E-state index contributed by atoms with van der Waals surface area (Å²) in [4.78, 5) is 30.5. The fourth-order valence-electron chi connectivity index (χ4n) is 5.14. The van der Waals surface area contributed by atoms with E-state index in [9.17, 15) is 13.8 Å². The smallest absolute Gasteiger partial charge is 0.253 e. The van der Waals surface area contributed by atoms with Crippen LogP contribution in [0.2, 0.25) is 5.02 Å². The van der Waals surface area contributed by atoms with E-state index >= 15 is 0 Å². The van der Waals surface area contributed by atoms with Crippen LogP contribution >= 0.6 is 11.6 Å². The highest BCUT2D eigenvalue weighted by atomic mass is 35.5. The zero-order chi connectivity index (χ0) is 26.5. The predicted octanol–water partition coefficient (Wildman–Crippen LogP) is 5.54. The molecule has 0 saturated carbocycles. The van der Waals surface area contributed by atoms with Crippen molar-refractivity contribution in [3.05, 3.63) is 95.0 Å². The monoisotopic (exact) mass is 549 g/mol. The summed E-state index contributed by atoms with van der Waals surface area (Å²) in [5.74, 6) is 0.247. The summed E-state index contributed by atoms with van der Waals surface area (Å²) in [6.45, 7) is 3.34. The molecule has 3 aromatic carbocycles. The molecule has 0 aliphatic carbocycles. The molecule has 0 N–H and O–H groups in total. The third-order valence-corrected chi connectivity index (χ3v) is 9.00. The van der Waals surface area contributed by atoms with Crippen molar-refractivity contribution in [3.63, 3.8) is 0 Å². The number of amides is 2. The van der Waals surface area contributed by atoms with Crippen molar-refractivity contribution in [1.82, 2.24) is 9.80 Å². The molecule has 0 bridgehead atoms. The van der Waals surface area contributed by atoms with Crippen molar-refractivity contribution < 1.29 is 13.8 Å². The van der Waals surface area contributed by atoms with Gasteiger partial charge in [0.2, 0.25) is 5.91 Å². The third-order valence-electron chi connectivity index (χ3n) is 7.34. The first-order chi connectivity index (χ1) is 18.5. The SMILES string of the molecule is O=C(c1ccc(N(Cc2ccc(Cl)cc2)S(=O)c2ccccc2)cc1)N1CCC(C(=O)N2CCCC2)CC1. The Morgan fingerprint density at radius 1 is 0.816 bits per heavy atom. The molecule has 2 saturated heterocycles. The van der Waals surface area contributed by atoms with Gasteiger partial charge in [-0.3, -0.25) is 13.9 Å². The largest absolute Gasteiger partial charge is 0.342 e.